The lowest BCUT2D eigenvalue weighted by Crippen LogP contribution is -2.10. The number of fused-ring (bicyclic) bond motifs is 1. The van der Waals surface area contributed by atoms with Crippen LogP contribution in [0.2, 0.25) is 0 Å². The Morgan fingerprint density at radius 2 is 1.92 bits per heavy atom. The number of esters is 1. The molecule has 0 spiro atoms. The molecule has 0 amide bonds. The molecule has 7 heteroatoms. The predicted molar refractivity (Wildman–Crippen MR) is 95.9 cm³/mol. The number of benzene rings is 1. The van der Waals surface area contributed by atoms with Gasteiger partial charge in [0, 0.05) is 6.92 Å². The van der Waals surface area contributed by atoms with Crippen molar-refractivity contribution in [2.24, 2.45) is 0 Å². The van der Waals surface area contributed by atoms with E-state index < -0.39 is 5.63 Å². The minimum Gasteiger partial charge on any atom is -0.504 e. The van der Waals surface area contributed by atoms with Crippen LogP contribution in [0.3, 0.4) is 0 Å². The SMILES string of the molecule is CCCCCCOc1c(O)c2cc(OCCOC(C)=O)ccc2oc1=O. The van der Waals surface area contributed by atoms with E-state index in [1.807, 2.05) is 0 Å². The van der Waals surface area contributed by atoms with Crippen LogP contribution in [0.25, 0.3) is 11.0 Å². The van der Waals surface area contributed by atoms with Gasteiger partial charge in [-0.15, -0.1) is 0 Å². The maximum atomic E-state index is 12.0. The van der Waals surface area contributed by atoms with Crippen LogP contribution in [0, 0.1) is 0 Å². The first-order valence-electron chi connectivity index (χ1n) is 8.71. The molecule has 142 valence electrons. The van der Waals surface area contributed by atoms with Crippen LogP contribution < -0.4 is 15.1 Å². The van der Waals surface area contributed by atoms with Crippen LogP contribution in [-0.4, -0.2) is 30.9 Å². The third-order valence-electron chi connectivity index (χ3n) is 3.71. The minimum atomic E-state index is -0.714. The van der Waals surface area contributed by atoms with E-state index >= 15 is 0 Å². The van der Waals surface area contributed by atoms with E-state index in [-0.39, 0.29) is 36.3 Å². The van der Waals surface area contributed by atoms with Gasteiger partial charge in [0.15, 0.2) is 5.75 Å². The number of unbranched alkanes of at least 4 members (excludes halogenated alkanes) is 3. The largest absolute Gasteiger partial charge is 0.504 e. The van der Waals surface area contributed by atoms with Gasteiger partial charge in [0.2, 0.25) is 5.75 Å². The molecule has 0 fully saturated rings. The van der Waals surface area contributed by atoms with E-state index in [0.717, 1.165) is 25.7 Å². The Bertz CT molecular complexity index is 794. The number of hydrogen-bond donors (Lipinski definition) is 1. The van der Waals surface area contributed by atoms with Gasteiger partial charge in [-0.3, -0.25) is 4.79 Å². The molecule has 26 heavy (non-hydrogen) atoms. The molecule has 0 aliphatic carbocycles. The Morgan fingerprint density at radius 1 is 1.12 bits per heavy atom. The molecule has 1 heterocycles. The summed E-state index contributed by atoms with van der Waals surface area (Å²) in [7, 11) is 0. The van der Waals surface area contributed by atoms with E-state index in [9.17, 15) is 14.7 Å². The van der Waals surface area contributed by atoms with E-state index in [1.54, 1.807) is 12.1 Å². The highest BCUT2D eigenvalue weighted by Crippen LogP contribution is 2.33. The summed E-state index contributed by atoms with van der Waals surface area (Å²) in [6, 6.07) is 4.68. The van der Waals surface area contributed by atoms with E-state index in [2.05, 4.69) is 6.92 Å². The van der Waals surface area contributed by atoms with Crippen molar-refractivity contribution in [3.05, 3.63) is 28.6 Å². The highest BCUT2D eigenvalue weighted by Gasteiger charge is 2.16. The van der Waals surface area contributed by atoms with Gasteiger partial charge in [0.05, 0.1) is 12.0 Å². The van der Waals surface area contributed by atoms with Crippen LogP contribution in [0.4, 0.5) is 0 Å². The summed E-state index contributed by atoms with van der Waals surface area (Å²) in [6.45, 7) is 4.05. The fourth-order valence-electron chi connectivity index (χ4n) is 2.41. The Labute approximate surface area is 151 Å². The number of ether oxygens (including phenoxy) is 3. The van der Waals surface area contributed by atoms with Gasteiger partial charge in [-0.05, 0) is 24.6 Å². The van der Waals surface area contributed by atoms with Gasteiger partial charge < -0.3 is 23.7 Å². The average molecular weight is 364 g/mol. The molecule has 2 rings (SSSR count). The molecule has 0 bridgehead atoms. The normalized spacial score (nSPS) is 10.7. The van der Waals surface area contributed by atoms with E-state index in [0.29, 0.717) is 17.7 Å². The summed E-state index contributed by atoms with van der Waals surface area (Å²) in [4.78, 5) is 22.7. The molecule has 0 atom stereocenters. The van der Waals surface area contributed by atoms with Crippen molar-refractivity contribution in [2.45, 2.75) is 39.5 Å². The van der Waals surface area contributed by atoms with E-state index in [4.69, 9.17) is 18.6 Å². The zero-order valence-corrected chi connectivity index (χ0v) is 15.1. The molecular formula is C19H24O7. The predicted octanol–water partition coefficient (Wildman–Crippen LogP) is 3.40. The summed E-state index contributed by atoms with van der Waals surface area (Å²) in [5.41, 5.74) is -0.479. The van der Waals surface area contributed by atoms with Gasteiger partial charge in [0.1, 0.15) is 24.5 Å². The summed E-state index contributed by atoms with van der Waals surface area (Å²) in [6.07, 6.45) is 3.99. The summed E-state index contributed by atoms with van der Waals surface area (Å²) >= 11 is 0. The first kappa shape index (κ1) is 19.6. The average Bonchev–Trinajstić information content (AvgIpc) is 2.61. The van der Waals surface area contributed by atoms with Gasteiger partial charge in [0.25, 0.3) is 0 Å². The highest BCUT2D eigenvalue weighted by molar-refractivity contribution is 5.86. The zero-order valence-electron chi connectivity index (χ0n) is 15.1. The van der Waals surface area contributed by atoms with Crippen LogP contribution in [0.15, 0.2) is 27.4 Å². The summed E-state index contributed by atoms with van der Waals surface area (Å²) in [5, 5.41) is 10.7. The van der Waals surface area contributed by atoms with Crippen LogP contribution in [0.1, 0.15) is 39.5 Å². The van der Waals surface area contributed by atoms with Crippen molar-refractivity contribution in [1.82, 2.24) is 0 Å². The Hall–Kier alpha value is -2.70. The fourth-order valence-corrected chi connectivity index (χ4v) is 2.41. The van der Waals surface area contributed by atoms with Crippen LogP contribution in [-0.2, 0) is 9.53 Å². The number of carbonyl (C=O) groups excluding carboxylic acids is 1. The van der Waals surface area contributed by atoms with Crippen molar-refractivity contribution >= 4 is 16.9 Å². The number of aromatic hydroxyl groups is 1. The molecule has 2 aromatic rings. The Kier molecular flexibility index (Phi) is 7.32. The molecule has 1 aromatic carbocycles. The maximum absolute atomic E-state index is 12.0. The van der Waals surface area contributed by atoms with Crippen molar-refractivity contribution in [3.8, 4) is 17.2 Å². The monoisotopic (exact) mass is 364 g/mol. The summed E-state index contributed by atoms with van der Waals surface area (Å²) < 4.78 is 20.9. The Balaban J connectivity index is 2.10. The van der Waals surface area contributed by atoms with Crippen molar-refractivity contribution in [3.63, 3.8) is 0 Å². The second kappa shape index (κ2) is 9.70. The third kappa shape index (κ3) is 5.40. The van der Waals surface area contributed by atoms with Crippen molar-refractivity contribution in [1.29, 1.82) is 0 Å². The van der Waals surface area contributed by atoms with Crippen LogP contribution in [0.5, 0.6) is 17.2 Å². The maximum Gasteiger partial charge on any atom is 0.383 e. The molecule has 0 radical (unpaired) electrons. The first-order chi connectivity index (χ1) is 12.5. The lowest BCUT2D eigenvalue weighted by Gasteiger charge is -2.10. The number of hydrogen-bond acceptors (Lipinski definition) is 7. The highest BCUT2D eigenvalue weighted by atomic mass is 16.6. The van der Waals surface area contributed by atoms with Gasteiger partial charge in [-0.2, -0.15) is 0 Å². The minimum absolute atomic E-state index is 0.120. The standard InChI is InChI=1S/C19H24O7/c1-3-4-5-6-9-25-18-17(21)15-12-14(24-11-10-23-13(2)20)7-8-16(15)26-19(18)22/h7-8,12,21H,3-6,9-11H2,1-2H3. The molecule has 0 aliphatic rings. The third-order valence-corrected chi connectivity index (χ3v) is 3.71. The zero-order chi connectivity index (χ0) is 18.9. The summed E-state index contributed by atoms with van der Waals surface area (Å²) in [5.74, 6) is -0.391. The van der Waals surface area contributed by atoms with Gasteiger partial charge in [-0.1, -0.05) is 26.2 Å². The second-order valence-corrected chi connectivity index (χ2v) is 5.82. The molecule has 0 saturated carbocycles. The smallest absolute Gasteiger partial charge is 0.383 e. The van der Waals surface area contributed by atoms with Gasteiger partial charge >= 0.3 is 11.6 Å². The molecule has 0 aliphatic heterocycles. The first-order valence-corrected chi connectivity index (χ1v) is 8.71. The van der Waals surface area contributed by atoms with Gasteiger partial charge in [-0.25, -0.2) is 4.79 Å². The molecular weight excluding hydrogens is 340 g/mol. The van der Waals surface area contributed by atoms with Crippen molar-refractivity contribution in [2.75, 3.05) is 19.8 Å². The van der Waals surface area contributed by atoms with E-state index in [1.165, 1.54) is 13.0 Å². The topological polar surface area (TPSA) is 95.2 Å². The quantitative estimate of drug-likeness (QED) is 0.392. The Morgan fingerprint density at radius 3 is 2.65 bits per heavy atom. The fraction of sp³-hybridized carbons (Fsp3) is 0.474. The second-order valence-electron chi connectivity index (χ2n) is 5.82. The lowest BCUT2D eigenvalue weighted by molar-refractivity contribution is -0.141. The van der Waals surface area contributed by atoms with Crippen LogP contribution >= 0.6 is 0 Å². The molecule has 0 saturated heterocycles. The number of rotatable bonds is 10. The molecule has 0 unspecified atom stereocenters. The molecule has 1 N–H and O–H groups in total. The van der Waals surface area contributed by atoms with Crippen molar-refractivity contribution < 1.29 is 28.5 Å². The number of carbonyl (C=O) groups is 1. The molecule has 7 nitrogen and oxygen atoms in total. The lowest BCUT2D eigenvalue weighted by atomic mass is 10.2. The molecule has 1 aromatic heterocycles.